The van der Waals surface area contributed by atoms with Gasteiger partial charge in [-0.15, -0.1) is 0 Å². The van der Waals surface area contributed by atoms with Crippen LogP contribution in [0, 0.1) is 11.8 Å². The van der Waals surface area contributed by atoms with Crippen LogP contribution in [0.5, 0.6) is 0 Å². The predicted molar refractivity (Wildman–Crippen MR) is 74.4 cm³/mol. The summed E-state index contributed by atoms with van der Waals surface area (Å²) < 4.78 is 0. The van der Waals surface area contributed by atoms with E-state index in [1.54, 1.807) is 0 Å². The van der Waals surface area contributed by atoms with Gasteiger partial charge in [0.2, 0.25) is 0 Å². The van der Waals surface area contributed by atoms with Crippen LogP contribution in [0.4, 0.5) is 0 Å². The maximum Gasteiger partial charge on any atom is 0.0453 e. The number of hydrogen-bond donors (Lipinski definition) is 1. The van der Waals surface area contributed by atoms with Crippen LogP contribution in [-0.2, 0) is 0 Å². The number of nitrogens with one attached hydrogen (secondary N) is 1. The van der Waals surface area contributed by atoms with E-state index in [9.17, 15) is 0 Å². The molecule has 0 unspecified atom stereocenters. The maximum atomic E-state index is 6.20. The van der Waals surface area contributed by atoms with Crippen LogP contribution in [0.15, 0.2) is 24.3 Å². The van der Waals surface area contributed by atoms with Gasteiger partial charge >= 0.3 is 0 Å². The van der Waals surface area contributed by atoms with Crippen LogP contribution in [0.25, 0.3) is 0 Å². The van der Waals surface area contributed by atoms with E-state index in [4.69, 9.17) is 11.6 Å². The van der Waals surface area contributed by atoms with Gasteiger partial charge in [0.05, 0.1) is 0 Å². The lowest BCUT2D eigenvalue weighted by Gasteiger charge is -2.40. The first-order valence-electron chi connectivity index (χ1n) is 6.58. The molecule has 0 saturated heterocycles. The third-order valence-electron chi connectivity index (χ3n) is 3.97. The average Bonchev–Trinajstić information content (AvgIpc) is 2.22. The molecule has 0 heterocycles. The van der Waals surface area contributed by atoms with E-state index in [0.717, 1.165) is 16.9 Å². The highest BCUT2D eigenvalue weighted by Crippen LogP contribution is 2.35. The standard InChI is InChI=1S/C15H22ClN/c1-10(2)12-8-13(9-12)17-11(3)14-6-4-5-7-15(14)16/h4-7,10-13,17H,8-9H2,1-3H3/t11-,12?,13?/m1/s1. The summed E-state index contributed by atoms with van der Waals surface area (Å²) in [5.74, 6) is 1.73. The zero-order chi connectivity index (χ0) is 12.4. The fourth-order valence-corrected chi connectivity index (χ4v) is 2.91. The fourth-order valence-electron chi connectivity index (χ4n) is 2.61. The summed E-state index contributed by atoms with van der Waals surface area (Å²) in [6, 6.07) is 9.13. The number of rotatable bonds is 4. The topological polar surface area (TPSA) is 12.0 Å². The molecular weight excluding hydrogens is 230 g/mol. The number of benzene rings is 1. The van der Waals surface area contributed by atoms with Gasteiger partial charge in [0.25, 0.3) is 0 Å². The number of hydrogen-bond acceptors (Lipinski definition) is 1. The van der Waals surface area contributed by atoms with E-state index in [0.29, 0.717) is 12.1 Å². The van der Waals surface area contributed by atoms with E-state index in [1.807, 2.05) is 12.1 Å². The van der Waals surface area contributed by atoms with Crippen molar-refractivity contribution < 1.29 is 0 Å². The molecule has 1 aliphatic carbocycles. The van der Waals surface area contributed by atoms with Gasteiger partial charge in [-0.3, -0.25) is 0 Å². The zero-order valence-corrected chi connectivity index (χ0v) is 11.7. The lowest BCUT2D eigenvalue weighted by atomic mass is 9.73. The minimum Gasteiger partial charge on any atom is -0.307 e. The summed E-state index contributed by atoms with van der Waals surface area (Å²) in [5.41, 5.74) is 1.21. The Labute approximate surface area is 110 Å². The van der Waals surface area contributed by atoms with Gasteiger partial charge in [-0.1, -0.05) is 43.6 Å². The molecule has 1 nitrogen and oxygen atoms in total. The largest absolute Gasteiger partial charge is 0.307 e. The summed E-state index contributed by atoms with van der Waals surface area (Å²) in [6.07, 6.45) is 2.62. The summed E-state index contributed by atoms with van der Waals surface area (Å²) in [6.45, 7) is 6.83. The first-order chi connectivity index (χ1) is 8.08. The molecule has 2 rings (SSSR count). The molecule has 1 aromatic carbocycles. The van der Waals surface area contributed by atoms with Crippen LogP contribution in [0.2, 0.25) is 5.02 Å². The molecule has 0 bridgehead atoms. The second-order valence-electron chi connectivity index (χ2n) is 5.58. The van der Waals surface area contributed by atoms with Crippen LogP contribution in [-0.4, -0.2) is 6.04 Å². The third-order valence-corrected chi connectivity index (χ3v) is 4.32. The van der Waals surface area contributed by atoms with Crippen molar-refractivity contribution in [2.75, 3.05) is 0 Å². The first kappa shape index (κ1) is 12.9. The maximum absolute atomic E-state index is 6.20. The highest BCUT2D eigenvalue weighted by Gasteiger charge is 2.31. The summed E-state index contributed by atoms with van der Waals surface area (Å²) in [5, 5.41) is 4.54. The van der Waals surface area contributed by atoms with Crippen molar-refractivity contribution >= 4 is 11.6 Å². The monoisotopic (exact) mass is 251 g/mol. The molecule has 1 atom stereocenters. The Balaban J connectivity index is 1.87. The normalized spacial score (nSPS) is 25.7. The lowest BCUT2D eigenvalue weighted by molar-refractivity contribution is 0.159. The molecule has 94 valence electrons. The van der Waals surface area contributed by atoms with Crippen molar-refractivity contribution in [1.29, 1.82) is 0 Å². The molecule has 1 fully saturated rings. The van der Waals surface area contributed by atoms with E-state index in [2.05, 4.69) is 38.2 Å². The second kappa shape index (κ2) is 5.41. The molecule has 1 saturated carbocycles. The van der Waals surface area contributed by atoms with Gasteiger partial charge in [0, 0.05) is 17.1 Å². The van der Waals surface area contributed by atoms with Gasteiger partial charge in [-0.05, 0) is 43.2 Å². The Morgan fingerprint density at radius 3 is 2.41 bits per heavy atom. The Morgan fingerprint density at radius 1 is 1.18 bits per heavy atom. The van der Waals surface area contributed by atoms with Gasteiger partial charge in [0.15, 0.2) is 0 Å². The fraction of sp³-hybridized carbons (Fsp3) is 0.600. The molecule has 0 aliphatic heterocycles. The molecule has 0 aromatic heterocycles. The Kier molecular flexibility index (Phi) is 4.11. The Morgan fingerprint density at radius 2 is 1.82 bits per heavy atom. The van der Waals surface area contributed by atoms with Crippen molar-refractivity contribution in [1.82, 2.24) is 5.32 Å². The lowest BCUT2D eigenvalue weighted by Crippen LogP contribution is -2.44. The van der Waals surface area contributed by atoms with Crippen LogP contribution in [0.1, 0.15) is 45.2 Å². The zero-order valence-electron chi connectivity index (χ0n) is 10.9. The molecule has 1 aliphatic rings. The van der Waals surface area contributed by atoms with Crippen molar-refractivity contribution in [2.24, 2.45) is 11.8 Å². The Bertz CT molecular complexity index is 369. The molecular formula is C15H22ClN. The second-order valence-corrected chi connectivity index (χ2v) is 5.99. The minimum absolute atomic E-state index is 0.349. The minimum atomic E-state index is 0.349. The third kappa shape index (κ3) is 3.02. The van der Waals surface area contributed by atoms with Crippen LogP contribution >= 0.6 is 11.6 Å². The SMILES string of the molecule is CC(C)C1CC(N[C@H](C)c2ccccc2Cl)C1. The van der Waals surface area contributed by atoms with Crippen molar-refractivity contribution in [3.63, 3.8) is 0 Å². The Hall–Kier alpha value is -0.530. The van der Waals surface area contributed by atoms with Crippen molar-refractivity contribution in [3.8, 4) is 0 Å². The predicted octanol–water partition coefficient (Wildman–Crippen LogP) is 4.43. The molecule has 1 N–H and O–H groups in total. The van der Waals surface area contributed by atoms with Gasteiger partial charge < -0.3 is 5.32 Å². The highest BCUT2D eigenvalue weighted by molar-refractivity contribution is 6.31. The quantitative estimate of drug-likeness (QED) is 0.835. The van der Waals surface area contributed by atoms with Gasteiger partial charge in [0.1, 0.15) is 0 Å². The summed E-state index contributed by atoms with van der Waals surface area (Å²) in [4.78, 5) is 0. The van der Waals surface area contributed by atoms with Gasteiger partial charge in [-0.25, -0.2) is 0 Å². The molecule has 0 spiro atoms. The molecule has 0 amide bonds. The molecule has 2 heteroatoms. The average molecular weight is 252 g/mol. The first-order valence-corrected chi connectivity index (χ1v) is 6.96. The van der Waals surface area contributed by atoms with Crippen LogP contribution < -0.4 is 5.32 Å². The summed E-state index contributed by atoms with van der Waals surface area (Å²) >= 11 is 6.20. The van der Waals surface area contributed by atoms with E-state index >= 15 is 0 Å². The number of halogens is 1. The highest BCUT2D eigenvalue weighted by atomic mass is 35.5. The smallest absolute Gasteiger partial charge is 0.0453 e. The van der Waals surface area contributed by atoms with Crippen molar-refractivity contribution in [2.45, 2.75) is 45.7 Å². The van der Waals surface area contributed by atoms with Crippen LogP contribution in [0.3, 0.4) is 0 Å². The van der Waals surface area contributed by atoms with Gasteiger partial charge in [-0.2, -0.15) is 0 Å². The summed E-state index contributed by atoms with van der Waals surface area (Å²) in [7, 11) is 0. The van der Waals surface area contributed by atoms with Crippen molar-refractivity contribution in [3.05, 3.63) is 34.9 Å². The van der Waals surface area contributed by atoms with E-state index < -0.39 is 0 Å². The molecule has 0 radical (unpaired) electrons. The van der Waals surface area contributed by atoms with E-state index in [1.165, 1.54) is 18.4 Å². The molecule has 1 aromatic rings. The molecule has 17 heavy (non-hydrogen) atoms. The van der Waals surface area contributed by atoms with E-state index in [-0.39, 0.29) is 0 Å².